The van der Waals surface area contributed by atoms with Crippen LogP contribution in [0.1, 0.15) is 45.1 Å². The van der Waals surface area contributed by atoms with Crippen LogP contribution in [-0.4, -0.2) is 71.4 Å². The summed E-state index contributed by atoms with van der Waals surface area (Å²) in [6, 6.07) is 0.253. The van der Waals surface area contributed by atoms with Crippen molar-refractivity contribution in [1.82, 2.24) is 19.8 Å². The molecule has 0 radical (unpaired) electrons. The molecule has 2 atom stereocenters. The summed E-state index contributed by atoms with van der Waals surface area (Å²) in [6.07, 6.45) is 5.21. The van der Waals surface area contributed by atoms with Gasteiger partial charge in [0.25, 0.3) is 0 Å². The molecule has 6 nitrogen and oxygen atoms in total. The molecule has 25 heavy (non-hydrogen) atoms. The average molecular weight is 369 g/mol. The van der Waals surface area contributed by atoms with E-state index in [4.69, 9.17) is 0 Å². The molecule has 0 aromatic carbocycles. The van der Waals surface area contributed by atoms with E-state index in [2.05, 4.69) is 40.5 Å². The summed E-state index contributed by atoms with van der Waals surface area (Å²) in [5.41, 5.74) is 1.10. The van der Waals surface area contributed by atoms with Gasteiger partial charge in [0.15, 0.2) is 9.84 Å². The highest BCUT2D eigenvalue weighted by atomic mass is 32.2. The minimum absolute atomic E-state index is 0.111. The third-order valence-electron chi connectivity index (χ3n) is 5.33. The largest absolute Gasteiger partial charge is 0.345 e. The minimum Gasteiger partial charge on any atom is -0.345 e. The maximum absolute atomic E-state index is 12.3. The number of sulfone groups is 1. The normalized spacial score (nSPS) is 27.0. The SMILES string of the molecule is CCCCc1ncc(CN2CCN(CC(C)C)C3CS(=O)(=O)CC32)[nH]1. The number of piperazine rings is 1. The number of fused-ring (bicyclic) bond motifs is 1. The van der Waals surface area contributed by atoms with Crippen LogP contribution in [0, 0.1) is 5.92 Å². The Bertz CT molecular complexity index is 670. The fraction of sp³-hybridized carbons (Fsp3) is 0.833. The van der Waals surface area contributed by atoms with Crippen molar-refractivity contribution in [2.45, 2.75) is 58.7 Å². The number of aromatic nitrogens is 2. The first-order chi connectivity index (χ1) is 11.9. The van der Waals surface area contributed by atoms with E-state index in [1.54, 1.807) is 0 Å². The Morgan fingerprint density at radius 1 is 1.24 bits per heavy atom. The molecule has 0 aliphatic carbocycles. The second-order valence-electron chi connectivity index (χ2n) is 8.03. The number of aromatic amines is 1. The molecule has 142 valence electrons. The minimum atomic E-state index is -2.94. The molecule has 3 rings (SSSR count). The van der Waals surface area contributed by atoms with Crippen LogP contribution in [0.25, 0.3) is 0 Å². The van der Waals surface area contributed by atoms with Crippen LogP contribution in [0.5, 0.6) is 0 Å². The molecular weight excluding hydrogens is 336 g/mol. The van der Waals surface area contributed by atoms with Crippen molar-refractivity contribution < 1.29 is 8.42 Å². The van der Waals surface area contributed by atoms with Gasteiger partial charge in [0.05, 0.1) is 11.5 Å². The monoisotopic (exact) mass is 368 g/mol. The molecule has 2 unspecified atom stereocenters. The quantitative estimate of drug-likeness (QED) is 0.793. The van der Waals surface area contributed by atoms with E-state index in [1.807, 2.05) is 6.20 Å². The second kappa shape index (κ2) is 7.76. The molecule has 2 aliphatic heterocycles. The zero-order valence-corrected chi connectivity index (χ0v) is 16.6. The molecule has 0 saturated carbocycles. The number of nitrogens with zero attached hydrogens (tertiary/aromatic N) is 3. The molecule has 7 heteroatoms. The Hall–Kier alpha value is -0.920. The van der Waals surface area contributed by atoms with Gasteiger partial charge in [-0.15, -0.1) is 0 Å². The van der Waals surface area contributed by atoms with Gasteiger partial charge >= 0.3 is 0 Å². The summed E-state index contributed by atoms with van der Waals surface area (Å²) in [4.78, 5) is 12.6. The van der Waals surface area contributed by atoms with Crippen molar-refractivity contribution in [3.8, 4) is 0 Å². The van der Waals surface area contributed by atoms with E-state index in [-0.39, 0.29) is 12.1 Å². The van der Waals surface area contributed by atoms with Gasteiger partial charge in [-0.25, -0.2) is 13.4 Å². The molecule has 1 aromatic heterocycles. The Morgan fingerprint density at radius 2 is 1.92 bits per heavy atom. The third-order valence-corrected chi connectivity index (χ3v) is 7.03. The fourth-order valence-corrected chi connectivity index (χ4v) is 6.21. The third kappa shape index (κ3) is 4.63. The molecule has 0 amide bonds. The smallest absolute Gasteiger partial charge is 0.153 e. The number of unbranched alkanes of at least 4 members (excludes halogenated alkanes) is 1. The maximum Gasteiger partial charge on any atom is 0.153 e. The summed E-state index contributed by atoms with van der Waals surface area (Å²) in [5.74, 6) is 2.21. The first-order valence-corrected chi connectivity index (χ1v) is 11.4. The van der Waals surface area contributed by atoms with E-state index in [0.29, 0.717) is 17.4 Å². The van der Waals surface area contributed by atoms with Crippen LogP contribution < -0.4 is 0 Å². The lowest BCUT2D eigenvalue weighted by molar-refractivity contribution is 0.0331. The molecular formula is C18H32N4O2S. The van der Waals surface area contributed by atoms with E-state index in [1.165, 1.54) is 0 Å². The van der Waals surface area contributed by atoms with Gasteiger partial charge in [-0.2, -0.15) is 0 Å². The van der Waals surface area contributed by atoms with Crippen molar-refractivity contribution in [2.24, 2.45) is 5.92 Å². The van der Waals surface area contributed by atoms with E-state index >= 15 is 0 Å². The topological polar surface area (TPSA) is 69.3 Å². The molecule has 0 spiro atoms. The highest BCUT2D eigenvalue weighted by Crippen LogP contribution is 2.28. The summed E-state index contributed by atoms with van der Waals surface area (Å²) < 4.78 is 24.6. The summed E-state index contributed by atoms with van der Waals surface area (Å²) >= 11 is 0. The Kier molecular flexibility index (Phi) is 5.85. The zero-order valence-electron chi connectivity index (χ0n) is 15.7. The maximum atomic E-state index is 12.3. The Labute approximate surface area is 151 Å². The molecule has 1 N–H and O–H groups in total. The van der Waals surface area contributed by atoms with Crippen LogP contribution in [0.15, 0.2) is 6.20 Å². The summed E-state index contributed by atoms with van der Waals surface area (Å²) in [5, 5.41) is 0. The van der Waals surface area contributed by atoms with Crippen LogP contribution in [-0.2, 0) is 22.8 Å². The van der Waals surface area contributed by atoms with Gasteiger partial charge in [0, 0.05) is 56.6 Å². The summed E-state index contributed by atoms with van der Waals surface area (Å²) in [7, 11) is -2.94. The zero-order chi connectivity index (χ0) is 18.0. The van der Waals surface area contributed by atoms with Crippen molar-refractivity contribution >= 4 is 9.84 Å². The standard InChI is InChI=1S/C18H32N4O2S/c1-4-5-6-18-19-9-15(20-18)11-22-8-7-21(10-14(2)3)16-12-25(23,24)13-17(16)22/h9,14,16-17H,4-8,10-13H2,1-3H3,(H,19,20). The number of H-pyrrole nitrogens is 1. The number of imidazole rings is 1. The average Bonchev–Trinajstić information content (AvgIpc) is 3.10. The number of hydrogen-bond donors (Lipinski definition) is 1. The number of hydrogen-bond acceptors (Lipinski definition) is 5. The summed E-state index contributed by atoms with van der Waals surface area (Å²) in [6.45, 7) is 10.2. The van der Waals surface area contributed by atoms with Gasteiger partial charge in [-0.3, -0.25) is 9.80 Å². The molecule has 1 aromatic rings. The van der Waals surface area contributed by atoms with E-state index in [0.717, 1.165) is 57.0 Å². The lowest BCUT2D eigenvalue weighted by Gasteiger charge is -2.44. The molecule has 3 heterocycles. The van der Waals surface area contributed by atoms with Gasteiger partial charge in [-0.05, 0) is 12.3 Å². The number of aryl methyl sites for hydroxylation is 1. The predicted octanol–water partition coefficient (Wildman–Crippen LogP) is 1.69. The predicted molar refractivity (Wildman–Crippen MR) is 100 cm³/mol. The van der Waals surface area contributed by atoms with E-state index < -0.39 is 9.84 Å². The van der Waals surface area contributed by atoms with Gasteiger partial charge in [0.2, 0.25) is 0 Å². The highest BCUT2D eigenvalue weighted by molar-refractivity contribution is 7.91. The Morgan fingerprint density at radius 3 is 2.60 bits per heavy atom. The molecule has 2 fully saturated rings. The number of rotatable bonds is 7. The second-order valence-corrected chi connectivity index (χ2v) is 10.2. The first-order valence-electron chi connectivity index (χ1n) is 9.59. The fourth-order valence-electron chi connectivity index (χ4n) is 4.16. The lowest BCUT2D eigenvalue weighted by Crippen LogP contribution is -2.59. The van der Waals surface area contributed by atoms with Crippen molar-refractivity contribution in [2.75, 3.05) is 31.1 Å². The Balaban J connectivity index is 1.69. The van der Waals surface area contributed by atoms with E-state index in [9.17, 15) is 8.42 Å². The van der Waals surface area contributed by atoms with Crippen LogP contribution in [0.3, 0.4) is 0 Å². The van der Waals surface area contributed by atoms with Gasteiger partial charge in [-0.1, -0.05) is 27.2 Å². The van der Waals surface area contributed by atoms with Crippen molar-refractivity contribution in [3.05, 3.63) is 17.7 Å². The van der Waals surface area contributed by atoms with Crippen LogP contribution in [0.2, 0.25) is 0 Å². The molecule has 0 bridgehead atoms. The van der Waals surface area contributed by atoms with Gasteiger partial charge < -0.3 is 4.98 Å². The molecule has 2 aliphatic rings. The molecule has 2 saturated heterocycles. The lowest BCUT2D eigenvalue weighted by atomic mass is 10.0. The van der Waals surface area contributed by atoms with Crippen LogP contribution >= 0.6 is 0 Å². The van der Waals surface area contributed by atoms with Crippen LogP contribution in [0.4, 0.5) is 0 Å². The van der Waals surface area contributed by atoms with Gasteiger partial charge in [0.1, 0.15) is 5.82 Å². The highest BCUT2D eigenvalue weighted by Gasteiger charge is 2.46. The first kappa shape index (κ1) is 18.9. The number of nitrogens with one attached hydrogen (secondary N) is 1. The van der Waals surface area contributed by atoms with Crippen molar-refractivity contribution in [3.63, 3.8) is 0 Å². The van der Waals surface area contributed by atoms with Crippen molar-refractivity contribution in [1.29, 1.82) is 0 Å².